The third-order valence-corrected chi connectivity index (χ3v) is 4.02. The lowest BCUT2D eigenvalue weighted by molar-refractivity contribution is 0.0698. The van der Waals surface area contributed by atoms with Gasteiger partial charge in [-0.2, -0.15) is 0 Å². The van der Waals surface area contributed by atoms with Gasteiger partial charge in [0.1, 0.15) is 5.82 Å². The summed E-state index contributed by atoms with van der Waals surface area (Å²) >= 11 is 12.4. The molecule has 19 heavy (non-hydrogen) atoms. The van der Waals surface area contributed by atoms with Crippen LogP contribution >= 0.6 is 23.2 Å². The van der Waals surface area contributed by atoms with Gasteiger partial charge in [-0.15, -0.1) is 11.6 Å². The Balaban J connectivity index is 2.17. The van der Waals surface area contributed by atoms with E-state index in [2.05, 4.69) is 9.55 Å². The highest BCUT2D eigenvalue weighted by atomic mass is 35.5. The lowest BCUT2D eigenvalue weighted by Crippen LogP contribution is -2.21. The van der Waals surface area contributed by atoms with Crippen molar-refractivity contribution in [3.05, 3.63) is 29.0 Å². The maximum atomic E-state index is 6.29. The number of hydrogen-bond acceptors (Lipinski definition) is 2. The fourth-order valence-corrected chi connectivity index (χ4v) is 3.01. The van der Waals surface area contributed by atoms with E-state index in [1.165, 1.54) is 0 Å². The van der Waals surface area contributed by atoms with Crippen molar-refractivity contribution in [2.75, 3.05) is 13.2 Å². The normalized spacial score (nSPS) is 18.9. The number of alkyl halides is 1. The van der Waals surface area contributed by atoms with Gasteiger partial charge in [-0.1, -0.05) is 11.6 Å². The number of imidazole rings is 1. The lowest BCUT2D eigenvalue weighted by atomic mass is 10.1. The first-order valence-corrected chi connectivity index (χ1v) is 7.37. The van der Waals surface area contributed by atoms with Gasteiger partial charge in [-0.25, -0.2) is 4.98 Å². The summed E-state index contributed by atoms with van der Waals surface area (Å²) in [6, 6.07) is 6.19. The van der Waals surface area contributed by atoms with Crippen molar-refractivity contribution in [2.24, 2.45) is 0 Å². The van der Waals surface area contributed by atoms with E-state index in [1.54, 1.807) is 0 Å². The van der Waals surface area contributed by atoms with Gasteiger partial charge in [-0.3, -0.25) is 0 Å². The molecule has 1 aliphatic rings. The summed E-state index contributed by atoms with van der Waals surface area (Å²) in [4.78, 5) is 4.66. The predicted octanol–water partition coefficient (Wildman–Crippen LogP) is 4.34. The summed E-state index contributed by atoms with van der Waals surface area (Å²) in [7, 11) is 0. The smallest absolute Gasteiger partial charge is 0.127 e. The molecule has 1 fully saturated rings. The number of aromatic nitrogens is 2. The summed E-state index contributed by atoms with van der Waals surface area (Å²) in [5.74, 6) is 0.922. The van der Waals surface area contributed by atoms with Crippen LogP contribution in [0.4, 0.5) is 0 Å². The van der Waals surface area contributed by atoms with Crippen LogP contribution in [0.1, 0.15) is 37.0 Å². The molecule has 0 radical (unpaired) electrons. The van der Waals surface area contributed by atoms with Gasteiger partial charge >= 0.3 is 0 Å². The molecule has 0 amide bonds. The summed E-state index contributed by atoms with van der Waals surface area (Å²) in [5, 5.41) is 0.614. The number of halogens is 2. The van der Waals surface area contributed by atoms with E-state index < -0.39 is 0 Å². The standard InChI is InChI=1S/C14H16Cl2N2O/c1-9(15)14-17-12-3-2-10(16)8-13(12)18(14)11-4-6-19-7-5-11/h2-3,8-9,11H,4-7H2,1H3. The van der Waals surface area contributed by atoms with Crippen LogP contribution in [0.25, 0.3) is 11.0 Å². The Morgan fingerprint density at radius 2 is 2.11 bits per heavy atom. The minimum absolute atomic E-state index is 0.117. The van der Waals surface area contributed by atoms with Crippen molar-refractivity contribution in [1.29, 1.82) is 0 Å². The topological polar surface area (TPSA) is 27.1 Å². The van der Waals surface area contributed by atoms with E-state index in [0.29, 0.717) is 6.04 Å². The van der Waals surface area contributed by atoms with Crippen molar-refractivity contribution in [3.8, 4) is 0 Å². The number of rotatable bonds is 2. The number of fused-ring (bicyclic) bond motifs is 1. The zero-order chi connectivity index (χ0) is 13.4. The Morgan fingerprint density at radius 3 is 2.79 bits per heavy atom. The van der Waals surface area contributed by atoms with Crippen LogP contribution in [-0.4, -0.2) is 22.8 Å². The first-order chi connectivity index (χ1) is 9.16. The number of benzene rings is 1. The number of hydrogen-bond donors (Lipinski definition) is 0. The highest BCUT2D eigenvalue weighted by molar-refractivity contribution is 6.31. The average Bonchev–Trinajstić information content (AvgIpc) is 2.78. The highest BCUT2D eigenvalue weighted by Gasteiger charge is 2.23. The molecule has 1 saturated heterocycles. The van der Waals surface area contributed by atoms with Gasteiger partial charge in [0.2, 0.25) is 0 Å². The Bertz CT molecular complexity index is 588. The molecule has 3 nitrogen and oxygen atoms in total. The molecule has 0 spiro atoms. The molecular weight excluding hydrogens is 283 g/mol. The third-order valence-electron chi connectivity index (χ3n) is 3.59. The number of ether oxygens (including phenoxy) is 1. The largest absolute Gasteiger partial charge is 0.381 e. The molecule has 5 heteroatoms. The minimum atomic E-state index is -0.117. The molecule has 1 aliphatic heterocycles. The van der Waals surface area contributed by atoms with Crippen LogP contribution in [0.2, 0.25) is 5.02 Å². The second kappa shape index (κ2) is 5.31. The fourth-order valence-electron chi connectivity index (χ4n) is 2.69. The van der Waals surface area contributed by atoms with Gasteiger partial charge < -0.3 is 9.30 Å². The minimum Gasteiger partial charge on any atom is -0.381 e. The summed E-state index contributed by atoms with van der Waals surface area (Å²) in [5.41, 5.74) is 2.03. The van der Waals surface area contributed by atoms with Crippen molar-refractivity contribution in [3.63, 3.8) is 0 Å². The SMILES string of the molecule is CC(Cl)c1nc2ccc(Cl)cc2n1C1CCOCC1. The quantitative estimate of drug-likeness (QED) is 0.771. The zero-order valence-corrected chi connectivity index (χ0v) is 12.3. The van der Waals surface area contributed by atoms with Crippen LogP contribution in [0, 0.1) is 0 Å². The molecule has 1 atom stereocenters. The van der Waals surface area contributed by atoms with Crippen LogP contribution < -0.4 is 0 Å². The van der Waals surface area contributed by atoms with Crippen molar-refractivity contribution < 1.29 is 4.74 Å². The van der Waals surface area contributed by atoms with Crippen LogP contribution in [0.5, 0.6) is 0 Å². The molecule has 0 bridgehead atoms. The molecule has 0 aliphatic carbocycles. The van der Waals surface area contributed by atoms with Crippen molar-refractivity contribution in [2.45, 2.75) is 31.2 Å². The van der Waals surface area contributed by atoms with Gasteiger partial charge in [0.15, 0.2) is 0 Å². The Labute approximate surface area is 122 Å². The molecule has 102 valence electrons. The van der Waals surface area contributed by atoms with E-state index in [9.17, 15) is 0 Å². The van der Waals surface area contributed by atoms with Crippen molar-refractivity contribution >= 4 is 34.2 Å². The Kier molecular flexibility index (Phi) is 3.70. The van der Waals surface area contributed by atoms with Crippen LogP contribution in [-0.2, 0) is 4.74 Å². The van der Waals surface area contributed by atoms with Gasteiger partial charge in [0.05, 0.1) is 16.4 Å². The molecule has 1 aromatic heterocycles. The first-order valence-electron chi connectivity index (χ1n) is 6.56. The van der Waals surface area contributed by atoms with E-state index in [0.717, 1.165) is 47.9 Å². The second-order valence-corrected chi connectivity index (χ2v) is 6.02. The van der Waals surface area contributed by atoms with Gasteiger partial charge in [-0.05, 0) is 38.0 Å². The van der Waals surface area contributed by atoms with Crippen LogP contribution in [0.3, 0.4) is 0 Å². The summed E-state index contributed by atoms with van der Waals surface area (Å²) in [6.07, 6.45) is 1.99. The molecule has 1 aromatic carbocycles. The first kappa shape index (κ1) is 13.2. The molecule has 2 heterocycles. The Morgan fingerprint density at radius 1 is 1.37 bits per heavy atom. The monoisotopic (exact) mass is 298 g/mol. The second-order valence-electron chi connectivity index (χ2n) is 4.93. The van der Waals surface area contributed by atoms with E-state index in [4.69, 9.17) is 27.9 Å². The third kappa shape index (κ3) is 2.47. The average molecular weight is 299 g/mol. The zero-order valence-electron chi connectivity index (χ0n) is 10.8. The summed E-state index contributed by atoms with van der Waals surface area (Å²) < 4.78 is 7.69. The van der Waals surface area contributed by atoms with E-state index >= 15 is 0 Å². The molecule has 2 aromatic rings. The molecule has 0 saturated carbocycles. The number of nitrogens with zero attached hydrogens (tertiary/aromatic N) is 2. The predicted molar refractivity (Wildman–Crippen MR) is 78.1 cm³/mol. The summed E-state index contributed by atoms with van der Waals surface area (Å²) in [6.45, 7) is 3.54. The van der Waals surface area contributed by atoms with E-state index in [-0.39, 0.29) is 5.38 Å². The molecule has 1 unspecified atom stereocenters. The highest BCUT2D eigenvalue weighted by Crippen LogP contribution is 2.33. The van der Waals surface area contributed by atoms with Crippen LogP contribution in [0.15, 0.2) is 18.2 Å². The molecular formula is C14H16Cl2N2O. The lowest BCUT2D eigenvalue weighted by Gasteiger charge is -2.26. The van der Waals surface area contributed by atoms with Gasteiger partial charge in [0.25, 0.3) is 0 Å². The maximum absolute atomic E-state index is 6.29. The van der Waals surface area contributed by atoms with Crippen molar-refractivity contribution in [1.82, 2.24) is 9.55 Å². The van der Waals surface area contributed by atoms with E-state index in [1.807, 2.05) is 25.1 Å². The fraction of sp³-hybridized carbons (Fsp3) is 0.500. The van der Waals surface area contributed by atoms with Gasteiger partial charge in [0, 0.05) is 24.3 Å². The Hall–Kier alpha value is -0.770. The molecule has 0 N–H and O–H groups in total. The maximum Gasteiger partial charge on any atom is 0.127 e. The molecule has 3 rings (SSSR count).